The largest absolute Gasteiger partial charge is 0.416 e. The predicted molar refractivity (Wildman–Crippen MR) is 103 cm³/mol. The monoisotopic (exact) mass is 396 g/mol. The van der Waals surface area contributed by atoms with Crippen molar-refractivity contribution in [1.29, 1.82) is 0 Å². The van der Waals surface area contributed by atoms with Gasteiger partial charge in [0, 0.05) is 24.7 Å². The molecule has 1 aliphatic heterocycles. The summed E-state index contributed by atoms with van der Waals surface area (Å²) in [5.41, 5.74) is 3.04. The summed E-state index contributed by atoms with van der Waals surface area (Å²) in [5.74, 6) is 0. The minimum Gasteiger partial charge on any atom is -0.315 e. The lowest BCUT2D eigenvalue weighted by atomic mass is 9.91. The zero-order valence-electron chi connectivity index (χ0n) is 15.5. The summed E-state index contributed by atoms with van der Waals surface area (Å²) in [4.78, 5) is 2.24. The summed E-state index contributed by atoms with van der Waals surface area (Å²) in [7, 11) is 0. The topological polar surface area (TPSA) is 15.3 Å². The Hall–Kier alpha value is -1.56. The number of hydrogen-bond acceptors (Lipinski definition) is 2. The van der Waals surface area contributed by atoms with E-state index >= 15 is 0 Å². The molecule has 1 unspecified atom stereocenters. The van der Waals surface area contributed by atoms with E-state index in [1.807, 2.05) is 26.0 Å². The minimum atomic E-state index is -4.40. The van der Waals surface area contributed by atoms with E-state index < -0.39 is 11.7 Å². The molecular formula is C21H24ClF3N2. The average Bonchev–Trinajstić information content (AvgIpc) is 2.87. The summed E-state index contributed by atoms with van der Waals surface area (Å²) in [5, 5.41) is 3.72. The fraction of sp³-hybridized carbons (Fsp3) is 0.429. The van der Waals surface area contributed by atoms with Crippen molar-refractivity contribution in [2.45, 2.75) is 32.5 Å². The number of hydrogen-bond donors (Lipinski definition) is 1. The SMILES string of the molecule is Cc1ccc(C(c2cc(C(F)(F)F)ccc2Cl)N2CCCNCC2)c(C)c1. The standard InChI is InChI=1S/C21H24ClF3N2/c1-14-4-6-17(15(2)12-14)20(27-10-3-8-26-9-11-27)18-13-16(21(23,24)25)5-7-19(18)22/h4-7,12-13,20,26H,3,8-11H2,1-2H3. The zero-order valence-corrected chi connectivity index (χ0v) is 16.3. The maximum absolute atomic E-state index is 13.3. The Morgan fingerprint density at radius 3 is 2.48 bits per heavy atom. The first kappa shape index (κ1) is 20.2. The molecule has 1 aliphatic rings. The third kappa shape index (κ3) is 4.65. The summed E-state index contributed by atoms with van der Waals surface area (Å²) >= 11 is 6.42. The molecule has 2 aromatic carbocycles. The molecule has 1 N–H and O–H groups in total. The third-order valence-electron chi connectivity index (χ3n) is 5.08. The van der Waals surface area contributed by atoms with Crippen molar-refractivity contribution < 1.29 is 13.2 Å². The summed E-state index contributed by atoms with van der Waals surface area (Å²) < 4.78 is 40.0. The lowest BCUT2D eigenvalue weighted by Gasteiger charge is -2.33. The molecule has 0 amide bonds. The first-order valence-corrected chi connectivity index (χ1v) is 9.54. The molecule has 0 aliphatic carbocycles. The van der Waals surface area contributed by atoms with E-state index in [1.165, 1.54) is 12.1 Å². The second-order valence-corrected chi connectivity index (χ2v) is 7.54. The van der Waals surface area contributed by atoms with Crippen LogP contribution in [0.1, 0.15) is 40.3 Å². The molecule has 0 saturated carbocycles. The number of nitrogens with zero attached hydrogens (tertiary/aromatic N) is 1. The second kappa shape index (κ2) is 8.21. The van der Waals surface area contributed by atoms with E-state index in [1.54, 1.807) is 0 Å². The van der Waals surface area contributed by atoms with Crippen LogP contribution >= 0.6 is 11.6 Å². The fourth-order valence-electron chi connectivity index (χ4n) is 3.75. The van der Waals surface area contributed by atoms with E-state index in [-0.39, 0.29) is 6.04 Å². The maximum atomic E-state index is 13.3. The number of halogens is 4. The number of benzene rings is 2. The lowest BCUT2D eigenvalue weighted by molar-refractivity contribution is -0.137. The highest BCUT2D eigenvalue weighted by Gasteiger charge is 2.33. The Balaban J connectivity index is 2.14. The van der Waals surface area contributed by atoms with Crippen molar-refractivity contribution in [2.24, 2.45) is 0 Å². The van der Waals surface area contributed by atoms with E-state index in [4.69, 9.17) is 11.6 Å². The number of aryl methyl sites for hydroxylation is 2. The van der Waals surface area contributed by atoms with Gasteiger partial charge in [0.15, 0.2) is 0 Å². The highest BCUT2D eigenvalue weighted by Crippen LogP contribution is 2.39. The molecule has 1 fully saturated rings. The molecule has 1 heterocycles. The van der Waals surface area contributed by atoms with Crippen LogP contribution in [0.3, 0.4) is 0 Å². The van der Waals surface area contributed by atoms with Crippen LogP contribution in [0, 0.1) is 13.8 Å². The molecule has 27 heavy (non-hydrogen) atoms. The van der Waals surface area contributed by atoms with E-state index in [0.29, 0.717) is 10.6 Å². The molecule has 6 heteroatoms. The normalized spacial score (nSPS) is 17.6. The van der Waals surface area contributed by atoms with Crippen molar-refractivity contribution in [1.82, 2.24) is 10.2 Å². The molecule has 0 bridgehead atoms. The van der Waals surface area contributed by atoms with Crippen LogP contribution in [0.4, 0.5) is 13.2 Å². The Labute approximate surface area is 163 Å². The Morgan fingerprint density at radius 2 is 1.78 bits per heavy atom. The maximum Gasteiger partial charge on any atom is 0.416 e. The number of rotatable bonds is 3. The summed E-state index contributed by atoms with van der Waals surface area (Å²) in [6, 6.07) is 9.42. The van der Waals surface area contributed by atoms with Crippen molar-refractivity contribution >= 4 is 11.6 Å². The first-order valence-electron chi connectivity index (χ1n) is 9.16. The molecule has 2 nitrogen and oxygen atoms in total. The van der Waals surface area contributed by atoms with Gasteiger partial charge in [0.05, 0.1) is 11.6 Å². The molecule has 2 aromatic rings. The Morgan fingerprint density at radius 1 is 1.00 bits per heavy atom. The van der Waals surface area contributed by atoms with Gasteiger partial charge in [-0.25, -0.2) is 0 Å². The van der Waals surface area contributed by atoms with Crippen LogP contribution < -0.4 is 5.32 Å². The fourth-order valence-corrected chi connectivity index (χ4v) is 3.97. The lowest BCUT2D eigenvalue weighted by Crippen LogP contribution is -2.33. The Kier molecular flexibility index (Phi) is 6.14. The van der Waals surface area contributed by atoms with Gasteiger partial charge in [0.25, 0.3) is 0 Å². The van der Waals surface area contributed by atoms with Gasteiger partial charge in [-0.2, -0.15) is 13.2 Å². The average molecular weight is 397 g/mol. The predicted octanol–water partition coefficient (Wildman–Crippen LogP) is 5.36. The highest BCUT2D eigenvalue weighted by atomic mass is 35.5. The molecule has 0 radical (unpaired) electrons. The molecular weight excluding hydrogens is 373 g/mol. The van der Waals surface area contributed by atoms with Crippen molar-refractivity contribution in [2.75, 3.05) is 26.2 Å². The molecule has 3 rings (SSSR count). The van der Waals surface area contributed by atoms with Gasteiger partial charge in [-0.3, -0.25) is 4.90 Å². The van der Waals surface area contributed by atoms with Crippen molar-refractivity contribution in [3.63, 3.8) is 0 Å². The van der Waals surface area contributed by atoms with Gasteiger partial charge in [-0.1, -0.05) is 35.4 Å². The van der Waals surface area contributed by atoms with Crippen LogP contribution in [0.25, 0.3) is 0 Å². The smallest absolute Gasteiger partial charge is 0.315 e. The van der Waals surface area contributed by atoms with E-state index in [0.717, 1.165) is 55.4 Å². The molecule has 1 saturated heterocycles. The summed E-state index contributed by atoms with van der Waals surface area (Å²) in [6.45, 7) is 7.29. The van der Waals surface area contributed by atoms with Gasteiger partial charge < -0.3 is 5.32 Å². The van der Waals surface area contributed by atoms with Crippen molar-refractivity contribution in [3.8, 4) is 0 Å². The number of alkyl halides is 3. The molecule has 1 atom stereocenters. The van der Waals surface area contributed by atoms with Gasteiger partial charge in [-0.15, -0.1) is 0 Å². The highest BCUT2D eigenvalue weighted by molar-refractivity contribution is 6.31. The second-order valence-electron chi connectivity index (χ2n) is 7.14. The zero-order chi connectivity index (χ0) is 19.6. The quantitative estimate of drug-likeness (QED) is 0.751. The van der Waals surface area contributed by atoms with Gasteiger partial charge >= 0.3 is 6.18 Å². The van der Waals surface area contributed by atoms with Gasteiger partial charge in [-0.05, 0) is 61.7 Å². The van der Waals surface area contributed by atoms with Crippen molar-refractivity contribution in [3.05, 3.63) is 69.2 Å². The molecule has 146 valence electrons. The summed E-state index contributed by atoms with van der Waals surface area (Å²) in [6.07, 6.45) is -3.45. The Bertz CT molecular complexity index is 796. The molecule has 0 aromatic heterocycles. The number of nitrogens with one attached hydrogen (secondary N) is 1. The van der Waals surface area contributed by atoms with Gasteiger partial charge in [0.1, 0.15) is 0 Å². The van der Waals surface area contributed by atoms with E-state index in [2.05, 4.69) is 16.3 Å². The third-order valence-corrected chi connectivity index (χ3v) is 5.42. The van der Waals surface area contributed by atoms with Gasteiger partial charge in [0.2, 0.25) is 0 Å². The van der Waals surface area contributed by atoms with Crippen LogP contribution in [0.5, 0.6) is 0 Å². The molecule has 0 spiro atoms. The first-order chi connectivity index (χ1) is 12.8. The minimum absolute atomic E-state index is 0.305. The van der Waals surface area contributed by atoms with Crippen LogP contribution in [0.15, 0.2) is 36.4 Å². The van der Waals surface area contributed by atoms with E-state index in [9.17, 15) is 13.2 Å². The van der Waals surface area contributed by atoms with Crippen LogP contribution in [0.2, 0.25) is 5.02 Å². The van der Waals surface area contributed by atoms with Crippen LogP contribution in [-0.4, -0.2) is 31.1 Å². The van der Waals surface area contributed by atoms with Crippen LogP contribution in [-0.2, 0) is 6.18 Å².